The fraction of sp³-hybridized carbons (Fsp3) is 0.286. The number of halogens is 3. The smallest absolute Gasteiger partial charge is 0.370 e. The van der Waals surface area contributed by atoms with Crippen LogP contribution in [-0.4, -0.2) is 33.8 Å². The Bertz CT molecular complexity index is 1010. The van der Waals surface area contributed by atoms with Crippen molar-refractivity contribution in [2.45, 2.75) is 26.4 Å². The van der Waals surface area contributed by atoms with E-state index in [2.05, 4.69) is 20.7 Å². The average molecular weight is 417 g/mol. The Morgan fingerprint density at radius 3 is 2.57 bits per heavy atom. The van der Waals surface area contributed by atoms with E-state index in [1.807, 2.05) is 38.1 Å². The number of hydrogen-bond acceptors (Lipinski definition) is 4. The van der Waals surface area contributed by atoms with Crippen LogP contribution in [0.25, 0.3) is 5.69 Å². The molecule has 1 amide bonds. The molecule has 3 aromatic rings. The highest BCUT2D eigenvalue weighted by Crippen LogP contribution is 2.28. The molecule has 0 fully saturated rings. The number of alkyl halides is 3. The standard InChI is InChI=1S/C21H22F3N5O/c1-14-5-3-6-17(11-14)29-15(2)18(13-28-29)20(30)26-10-4-9-25-19-8-7-16(12-27-19)21(22,23)24/h3,5-8,11-13H,4,9-10H2,1-2H3,(H,25,27)(H,26,30). The summed E-state index contributed by atoms with van der Waals surface area (Å²) in [6, 6.07) is 10.1. The van der Waals surface area contributed by atoms with Crippen LogP contribution in [0.1, 0.15) is 33.6 Å². The second-order valence-corrected chi connectivity index (χ2v) is 6.86. The second-order valence-electron chi connectivity index (χ2n) is 6.86. The first-order valence-electron chi connectivity index (χ1n) is 9.42. The molecule has 0 saturated heterocycles. The molecule has 30 heavy (non-hydrogen) atoms. The molecule has 6 nitrogen and oxygen atoms in total. The second kappa shape index (κ2) is 8.98. The minimum atomic E-state index is -4.40. The molecule has 0 saturated carbocycles. The first-order valence-corrected chi connectivity index (χ1v) is 9.42. The summed E-state index contributed by atoms with van der Waals surface area (Å²) >= 11 is 0. The topological polar surface area (TPSA) is 71.8 Å². The monoisotopic (exact) mass is 417 g/mol. The Morgan fingerprint density at radius 1 is 1.10 bits per heavy atom. The molecule has 0 bridgehead atoms. The summed E-state index contributed by atoms with van der Waals surface area (Å²) in [5.74, 6) is 0.128. The van der Waals surface area contributed by atoms with Crippen molar-refractivity contribution in [3.63, 3.8) is 0 Å². The third kappa shape index (κ3) is 5.16. The van der Waals surface area contributed by atoms with Gasteiger partial charge in [0.15, 0.2) is 0 Å². The number of amides is 1. The van der Waals surface area contributed by atoms with Crippen molar-refractivity contribution in [2.24, 2.45) is 0 Å². The van der Waals surface area contributed by atoms with Crippen molar-refractivity contribution >= 4 is 11.7 Å². The van der Waals surface area contributed by atoms with Gasteiger partial charge >= 0.3 is 6.18 Å². The zero-order valence-corrected chi connectivity index (χ0v) is 16.6. The summed E-state index contributed by atoms with van der Waals surface area (Å²) in [5.41, 5.74) is 2.43. The molecule has 2 heterocycles. The van der Waals surface area contributed by atoms with Crippen LogP contribution in [0.2, 0.25) is 0 Å². The summed E-state index contributed by atoms with van der Waals surface area (Å²) in [5, 5.41) is 10.1. The highest BCUT2D eigenvalue weighted by atomic mass is 19.4. The zero-order chi connectivity index (χ0) is 21.7. The third-order valence-corrected chi connectivity index (χ3v) is 4.54. The summed E-state index contributed by atoms with van der Waals surface area (Å²) in [7, 11) is 0. The lowest BCUT2D eigenvalue weighted by atomic mass is 10.2. The van der Waals surface area contributed by atoms with Crippen molar-refractivity contribution in [3.05, 3.63) is 71.2 Å². The number of hydrogen-bond donors (Lipinski definition) is 2. The highest BCUT2D eigenvalue weighted by Gasteiger charge is 2.30. The van der Waals surface area contributed by atoms with Crippen LogP contribution < -0.4 is 10.6 Å². The van der Waals surface area contributed by atoms with Gasteiger partial charge in [0.25, 0.3) is 5.91 Å². The molecule has 2 aromatic heterocycles. The Balaban J connectivity index is 1.47. The Hall–Kier alpha value is -3.36. The molecule has 0 radical (unpaired) electrons. The maximum absolute atomic E-state index is 12.5. The Kier molecular flexibility index (Phi) is 6.39. The first kappa shape index (κ1) is 21.4. The van der Waals surface area contributed by atoms with Gasteiger partial charge in [-0.3, -0.25) is 4.79 Å². The largest absolute Gasteiger partial charge is 0.417 e. The van der Waals surface area contributed by atoms with E-state index in [4.69, 9.17) is 0 Å². The fourth-order valence-electron chi connectivity index (χ4n) is 2.92. The summed E-state index contributed by atoms with van der Waals surface area (Å²) < 4.78 is 39.3. The van der Waals surface area contributed by atoms with Gasteiger partial charge in [-0.25, -0.2) is 9.67 Å². The van der Waals surface area contributed by atoms with E-state index in [0.717, 1.165) is 29.2 Å². The van der Waals surface area contributed by atoms with Gasteiger partial charge in [-0.2, -0.15) is 18.3 Å². The lowest BCUT2D eigenvalue weighted by Crippen LogP contribution is -2.26. The summed E-state index contributed by atoms with van der Waals surface area (Å²) in [6.45, 7) is 4.69. The van der Waals surface area contributed by atoms with E-state index in [1.165, 1.54) is 12.3 Å². The molecule has 0 aliphatic carbocycles. The van der Waals surface area contributed by atoms with Crippen molar-refractivity contribution in [2.75, 3.05) is 18.4 Å². The van der Waals surface area contributed by atoms with Gasteiger partial charge in [-0.1, -0.05) is 12.1 Å². The number of anilines is 1. The van der Waals surface area contributed by atoms with Gasteiger partial charge in [0.1, 0.15) is 5.82 Å². The zero-order valence-electron chi connectivity index (χ0n) is 16.6. The lowest BCUT2D eigenvalue weighted by Gasteiger charge is -2.09. The van der Waals surface area contributed by atoms with E-state index in [-0.39, 0.29) is 5.91 Å². The number of nitrogens with zero attached hydrogens (tertiary/aromatic N) is 3. The van der Waals surface area contributed by atoms with Gasteiger partial charge in [0.2, 0.25) is 0 Å². The molecule has 1 aromatic carbocycles. The molecule has 0 atom stereocenters. The quantitative estimate of drug-likeness (QED) is 0.567. The van der Waals surface area contributed by atoms with Gasteiger partial charge in [-0.05, 0) is 50.1 Å². The van der Waals surface area contributed by atoms with Crippen molar-refractivity contribution in [3.8, 4) is 5.69 Å². The SMILES string of the molecule is Cc1cccc(-n2ncc(C(=O)NCCCNc3ccc(C(F)(F)F)cn3)c2C)c1. The molecule has 0 unspecified atom stereocenters. The highest BCUT2D eigenvalue weighted by molar-refractivity contribution is 5.95. The molecular weight excluding hydrogens is 395 g/mol. The number of carbonyl (C=O) groups is 1. The van der Waals surface area contributed by atoms with Gasteiger partial charge in [0.05, 0.1) is 28.7 Å². The van der Waals surface area contributed by atoms with Gasteiger partial charge in [0, 0.05) is 19.3 Å². The summed E-state index contributed by atoms with van der Waals surface area (Å²) in [6.07, 6.45) is -1.49. The lowest BCUT2D eigenvalue weighted by molar-refractivity contribution is -0.137. The van der Waals surface area contributed by atoms with E-state index < -0.39 is 11.7 Å². The minimum absolute atomic E-state index is 0.223. The minimum Gasteiger partial charge on any atom is -0.370 e. The van der Waals surface area contributed by atoms with Crippen LogP contribution >= 0.6 is 0 Å². The van der Waals surface area contributed by atoms with E-state index in [0.29, 0.717) is 30.9 Å². The van der Waals surface area contributed by atoms with Crippen LogP contribution in [0.3, 0.4) is 0 Å². The first-order chi connectivity index (χ1) is 14.3. The normalized spacial score (nSPS) is 11.4. The fourth-order valence-corrected chi connectivity index (χ4v) is 2.92. The Morgan fingerprint density at radius 2 is 1.90 bits per heavy atom. The molecule has 2 N–H and O–H groups in total. The number of aryl methyl sites for hydroxylation is 1. The maximum Gasteiger partial charge on any atom is 0.417 e. The number of pyridine rings is 1. The predicted octanol–water partition coefficient (Wildman–Crippen LogP) is 4.13. The van der Waals surface area contributed by atoms with Gasteiger partial charge < -0.3 is 10.6 Å². The summed E-state index contributed by atoms with van der Waals surface area (Å²) in [4.78, 5) is 16.2. The Labute approximate surface area is 172 Å². The van der Waals surface area contributed by atoms with Crippen LogP contribution in [0, 0.1) is 13.8 Å². The van der Waals surface area contributed by atoms with Crippen LogP contribution in [0.5, 0.6) is 0 Å². The number of nitrogens with one attached hydrogen (secondary N) is 2. The van der Waals surface area contributed by atoms with Crippen LogP contribution in [0.4, 0.5) is 19.0 Å². The molecule has 0 aliphatic heterocycles. The van der Waals surface area contributed by atoms with E-state index in [9.17, 15) is 18.0 Å². The molecular formula is C21H22F3N5O. The van der Waals surface area contributed by atoms with Crippen molar-refractivity contribution in [1.29, 1.82) is 0 Å². The predicted molar refractivity (Wildman–Crippen MR) is 108 cm³/mol. The molecule has 9 heteroatoms. The van der Waals surface area contributed by atoms with Crippen molar-refractivity contribution in [1.82, 2.24) is 20.1 Å². The number of aromatic nitrogens is 3. The number of carbonyl (C=O) groups excluding carboxylic acids is 1. The molecule has 3 rings (SSSR count). The van der Waals surface area contributed by atoms with E-state index in [1.54, 1.807) is 4.68 Å². The molecule has 0 spiro atoms. The maximum atomic E-state index is 12.5. The molecule has 0 aliphatic rings. The van der Waals surface area contributed by atoms with Crippen LogP contribution in [0.15, 0.2) is 48.8 Å². The molecule has 158 valence electrons. The van der Waals surface area contributed by atoms with E-state index >= 15 is 0 Å². The van der Waals surface area contributed by atoms with Crippen molar-refractivity contribution < 1.29 is 18.0 Å². The number of rotatable bonds is 7. The number of benzene rings is 1. The van der Waals surface area contributed by atoms with Crippen LogP contribution in [-0.2, 0) is 6.18 Å². The third-order valence-electron chi connectivity index (χ3n) is 4.54. The van der Waals surface area contributed by atoms with Gasteiger partial charge in [-0.15, -0.1) is 0 Å². The average Bonchev–Trinajstić information content (AvgIpc) is 3.09.